The van der Waals surface area contributed by atoms with Crippen molar-refractivity contribution in [2.24, 2.45) is 0 Å². The Morgan fingerprint density at radius 1 is 1.03 bits per heavy atom. The van der Waals surface area contributed by atoms with E-state index in [1.807, 2.05) is 44.2 Å². The first-order chi connectivity index (χ1) is 17.4. The minimum atomic E-state index is -0.337. The normalized spacial score (nSPS) is 14.2. The number of hydrogen-bond acceptors (Lipinski definition) is 6. The van der Waals surface area contributed by atoms with Crippen molar-refractivity contribution >= 4 is 28.5 Å². The van der Waals surface area contributed by atoms with Crippen LogP contribution in [0.3, 0.4) is 0 Å². The zero-order chi connectivity index (χ0) is 25.8. The van der Waals surface area contributed by atoms with Gasteiger partial charge in [0.2, 0.25) is 5.91 Å². The van der Waals surface area contributed by atoms with Crippen molar-refractivity contribution in [2.45, 2.75) is 20.8 Å². The fraction of sp³-hybridized carbons (Fsp3) is 0.357. The van der Waals surface area contributed by atoms with Crippen molar-refractivity contribution < 1.29 is 28.2 Å². The van der Waals surface area contributed by atoms with Gasteiger partial charge < -0.3 is 28.4 Å². The van der Waals surface area contributed by atoms with E-state index >= 15 is 0 Å². The number of aryl methyl sites for hydroxylation is 1. The van der Waals surface area contributed by atoms with Crippen LogP contribution >= 0.6 is 0 Å². The quantitative estimate of drug-likeness (QED) is 0.444. The van der Waals surface area contributed by atoms with Crippen molar-refractivity contribution in [3.63, 3.8) is 0 Å². The standard InChI is InChI=1S/C28H32N2O6/c1-6-35-28(32)30-13-11-29(12-14-30)25(31)15-18(2)21-16-22-23(20-9-7-8-10-24(20)33-4)17-36-27(22)19(3)26(21)34-5/h7-10,15-17H,6,11-14H2,1-5H3/b18-15+. The molecule has 0 radical (unpaired) electrons. The van der Waals surface area contributed by atoms with Crippen LogP contribution in [0.1, 0.15) is 25.0 Å². The minimum Gasteiger partial charge on any atom is -0.496 e. The lowest BCUT2D eigenvalue weighted by molar-refractivity contribution is -0.127. The highest BCUT2D eigenvalue weighted by Crippen LogP contribution is 2.42. The second kappa shape index (κ2) is 10.8. The first-order valence-electron chi connectivity index (χ1n) is 12.0. The Bertz CT molecular complexity index is 1300. The van der Waals surface area contributed by atoms with Crippen molar-refractivity contribution in [3.8, 4) is 22.6 Å². The van der Waals surface area contributed by atoms with E-state index in [2.05, 4.69) is 0 Å². The van der Waals surface area contributed by atoms with Gasteiger partial charge >= 0.3 is 6.09 Å². The van der Waals surface area contributed by atoms with Gasteiger partial charge in [0.25, 0.3) is 0 Å². The van der Waals surface area contributed by atoms with Crippen molar-refractivity contribution in [3.05, 3.63) is 53.8 Å². The number of allylic oxidation sites excluding steroid dienone is 1. The summed E-state index contributed by atoms with van der Waals surface area (Å²) in [6.07, 6.45) is 3.02. The fourth-order valence-corrected chi connectivity index (χ4v) is 4.63. The molecule has 1 aliphatic heterocycles. The summed E-state index contributed by atoms with van der Waals surface area (Å²) in [6, 6.07) is 9.79. The molecule has 1 aromatic heterocycles. The maximum absolute atomic E-state index is 13.1. The molecule has 0 N–H and O–H groups in total. The van der Waals surface area contributed by atoms with Crippen LogP contribution in [0.4, 0.5) is 4.79 Å². The van der Waals surface area contributed by atoms with Crippen LogP contribution in [0.2, 0.25) is 0 Å². The summed E-state index contributed by atoms with van der Waals surface area (Å²) >= 11 is 0. The van der Waals surface area contributed by atoms with E-state index in [1.54, 1.807) is 43.3 Å². The van der Waals surface area contributed by atoms with Crippen LogP contribution in [0, 0.1) is 6.92 Å². The molecule has 0 atom stereocenters. The molecule has 2 heterocycles. The molecular weight excluding hydrogens is 460 g/mol. The molecule has 0 spiro atoms. The van der Waals surface area contributed by atoms with E-state index in [4.69, 9.17) is 18.6 Å². The third-order valence-corrected chi connectivity index (χ3v) is 6.53. The van der Waals surface area contributed by atoms with Gasteiger partial charge in [-0.2, -0.15) is 0 Å². The van der Waals surface area contributed by atoms with Crippen LogP contribution in [-0.2, 0) is 9.53 Å². The number of rotatable bonds is 6. The Hall–Kier alpha value is -3.94. The van der Waals surface area contributed by atoms with E-state index in [1.165, 1.54) is 0 Å². The predicted molar refractivity (Wildman–Crippen MR) is 138 cm³/mol. The van der Waals surface area contributed by atoms with Gasteiger partial charge in [-0.25, -0.2) is 4.79 Å². The lowest BCUT2D eigenvalue weighted by Crippen LogP contribution is -2.50. The van der Waals surface area contributed by atoms with Gasteiger partial charge in [-0.3, -0.25) is 4.79 Å². The van der Waals surface area contributed by atoms with Crippen molar-refractivity contribution in [2.75, 3.05) is 47.0 Å². The highest BCUT2D eigenvalue weighted by atomic mass is 16.6. The Kier molecular flexibility index (Phi) is 7.52. The van der Waals surface area contributed by atoms with Gasteiger partial charge in [0.15, 0.2) is 0 Å². The molecule has 1 fully saturated rings. The molecule has 3 aromatic rings. The van der Waals surface area contributed by atoms with Crippen LogP contribution in [-0.4, -0.2) is 68.8 Å². The lowest BCUT2D eigenvalue weighted by atomic mass is 9.96. The predicted octanol–water partition coefficient (Wildman–Crippen LogP) is 5.13. The summed E-state index contributed by atoms with van der Waals surface area (Å²) in [5, 5.41) is 0.913. The molecular formula is C28H32N2O6. The second-order valence-corrected chi connectivity index (χ2v) is 8.65. The Morgan fingerprint density at radius 2 is 1.72 bits per heavy atom. The molecule has 190 valence electrons. The molecule has 0 unspecified atom stereocenters. The van der Waals surface area contributed by atoms with E-state index in [9.17, 15) is 9.59 Å². The number of para-hydroxylation sites is 1. The SMILES string of the molecule is CCOC(=O)N1CCN(C(=O)/C=C(\C)c2cc3c(-c4ccccc4OC)coc3c(C)c2OC)CC1. The number of methoxy groups -OCH3 is 2. The van der Waals surface area contributed by atoms with Gasteiger partial charge in [0, 0.05) is 59.9 Å². The average molecular weight is 493 g/mol. The number of hydrogen-bond donors (Lipinski definition) is 0. The maximum atomic E-state index is 13.1. The molecule has 0 aliphatic carbocycles. The molecule has 4 rings (SSSR count). The largest absolute Gasteiger partial charge is 0.496 e. The van der Waals surface area contributed by atoms with Gasteiger partial charge in [-0.1, -0.05) is 18.2 Å². The zero-order valence-electron chi connectivity index (χ0n) is 21.4. The first kappa shape index (κ1) is 25.2. The number of piperazine rings is 1. The van der Waals surface area contributed by atoms with Crippen LogP contribution in [0.5, 0.6) is 11.5 Å². The van der Waals surface area contributed by atoms with E-state index in [0.29, 0.717) is 38.5 Å². The van der Waals surface area contributed by atoms with E-state index in [-0.39, 0.29) is 12.0 Å². The third-order valence-electron chi connectivity index (χ3n) is 6.53. The highest BCUT2D eigenvalue weighted by molar-refractivity contribution is 6.02. The molecule has 8 nitrogen and oxygen atoms in total. The van der Waals surface area contributed by atoms with E-state index < -0.39 is 0 Å². The number of carbonyl (C=O) groups excluding carboxylic acids is 2. The zero-order valence-corrected chi connectivity index (χ0v) is 21.4. The summed E-state index contributed by atoms with van der Waals surface area (Å²) in [5.74, 6) is 1.31. The molecule has 2 amide bonds. The maximum Gasteiger partial charge on any atom is 0.409 e. The third kappa shape index (κ3) is 4.76. The minimum absolute atomic E-state index is 0.104. The summed E-state index contributed by atoms with van der Waals surface area (Å²) in [6.45, 7) is 7.77. The average Bonchev–Trinajstić information content (AvgIpc) is 3.33. The number of furan rings is 1. The molecule has 1 saturated heterocycles. The number of ether oxygens (including phenoxy) is 3. The number of amides is 2. The second-order valence-electron chi connectivity index (χ2n) is 8.65. The molecule has 0 saturated carbocycles. The highest BCUT2D eigenvalue weighted by Gasteiger charge is 2.25. The first-order valence-corrected chi connectivity index (χ1v) is 12.0. The molecule has 2 aromatic carbocycles. The van der Waals surface area contributed by atoms with Crippen LogP contribution in [0.25, 0.3) is 27.7 Å². The summed E-state index contributed by atoms with van der Waals surface area (Å²) in [4.78, 5) is 28.4. The molecule has 0 bridgehead atoms. The Morgan fingerprint density at radius 3 is 2.39 bits per heavy atom. The monoisotopic (exact) mass is 492 g/mol. The Labute approximate surface area is 211 Å². The number of carbonyl (C=O) groups is 2. The molecule has 36 heavy (non-hydrogen) atoms. The van der Waals surface area contributed by atoms with Crippen LogP contribution < -0.4 is 9.47 Å². The van der Waals surface area contributed by atoms with Crippen molar-refractivity contribution in [1.82, 2.24) is 9.80 Å². The van der Waals surface area contributed by atoms with Crippen molar-refractivity contribution in [1.29, 1.82) is 0 Å². The topological polar surface area (TPSA) is 81.5 Å². The van der Waals surface area contributed by atoms with Gasteiger partial charge in [0.05, 0.1) is 27.1 Å². The Balaban J connectivity index is 1.66. The summed E-state index contributed by atoms with van der Waals surface area (Å²) in [5.41, 5.74) is 5.01. The molecule has 8 heteroatoms. The number of nitrogens with zero attached hydrogens (tertiary/aromatic N) is 2. The van der Waals surface area contributed by atoms with Gasteiger partial charge in [-0.15, -0.1) is 0 Å². The van der Waals surface area contributed by atoms with E-state index in [0.717, 1.165) is 44.5 Å². The van der Waals surface area contributed by atoms with Gasteiger partial charge in [-0.05, 0) is 38.5 Å². The smallest absolute Gasteiger partial charge is 0.409 e. The molecule has 1 aliphatic rings. The summed E-state index contributed by atoms with van der Waals surface area (Å²) in [7, 11) is 3.26. The van der Waals surface area contributed by atoms with Gasteiger partial charge in [0.1, 0.15) is 17.1 Å². The number of fused-ring (bicyclic) bond motifs is 1. The fourth-order valence-electron chi connectivity index (χ4n) is 4.63. The van der Waals surface area contributed by atoms with Crippen LogP contribution in [0.15, 0.2) is 47.1 Å². The summed E-state index contributed by atoms with van der Waals surface area (Å²) < 4.78 is 22.3. The lowest BCUT2D eigenvalue weighted by Gasteiger charge is -2.33. The number of benzene rings is 2.